The average Bonchev–Trinajstić information content (AvgIpc) is 3.01. The molecular weight excluding hydrogens is 554 g/mol. The Morgan fingerprint density at radius 1 is 1.14 bits per heavy atom. The van der Waals surface area contributed by atoms with E-state index in [0.29, 0.717) is 62.0 Å². The molecule has 0 spiro atoms. The molecule has 0 bridgehead atoms. The fourth-order valence-corrected chi connectivity index (χ4v) is 6.05. The smallest absolute Gasteiger partial charge is 0.406 e. The highest BCUT2D eigenvalue weighted by Crippen LogP contribution is 2.45. The zero-order valence-electron chi connectivity index (χ0n) is 24.3. The predicted octanol–water partition coefficient (Wildman–Crippen LogP) is 5.53. The monoisotopic (exact) mass is 593 g/mol. The van der Waals surface area contributed by atoms with E-state index in [9.17, 15) is 14.7 Å². The van der Waals surface area contributed by atoms with E-state index in [1.165, 1.54) is 7.11 Å². The van der Waals surface area contributed by atoms with Gasteiger partial charge in [-0.15, -0.1) is 0 Å². The number of piperidine rings is 1. The van der Waals surface area contributed by atoms with Gasteiger partial charge in [-0.05, 0) is 74.1 Å². The minimum absolute atomic E-state index is 0.0928. The minimum Gasteiger partial charge on any atom is -0.492 e. The molecule has 224 valence electrons. The Labute approximate surface area is 252 Å². The van der Waals surface area contributed by atoms with E-state index in [1.54, 1.807) is 24.3 Å². The fraction of sp³-hybridized carbons (Fsp3) is 0.394. The van der Waals surface area contributed by atoms with E-state index in [1.807, 2.05) is 48.2 Å². The molecule has 1 heterocycles. The number of aliphatic hydroxyl groups is 1. The predicted molar refractivity (Wildman–Crippen MR) is 165 cm³/mol. The van der Waals surface area contributed by atoms with Crippen molar-refractivity contribution in [1.82, 2.24) is 10.2 Å². The van der Waals surface area contributed by atoms with Crippen molar-refractivity contribution in [2.24, 2.45) is 11.7 Å². The van der Waals surface area contributed by atoms with Gasteiger partial charge in [0.1, 0.15) is 12.4 Å². The molecule has 4 rings (SSSR count). The number of benzene rings is 3. The number of carbonyl (C=O) groups is 2. The van der Waals surface area contributed by atoms with E-state index < -0.39 is 11.7 Å². The summed E-state index contributed by atoms with van der Waals surface area (Å²) >= 11 is 6.82. The Morgan fingerprint density at radius 2 is 1.90 bits per heavy atom. The summed E-state index contributed by atoms with van der Waals surface area (Å²) in [5, 5.41) is 15.9. The van der Waals surface area contributed by atoms with Crippen LogP contribution in [0.1, 0.15) is 47.2 Å². The van der Waals surface area contributed by atoms with Crippen molar-refractivity contribution in [3.63, 3.8) is 0 Å². The number of nitrogens with zero attached hydrogens (tertiary/aromatic N) is 1. The molecule has 8 nitrogen and oxygen atoms in total. The summed E-state index contributed by atoms with van der Waals surface area (Å²) < 4.78 is 10.3. The van der Waals surface area contributed by atoms with Crippen molar-refractivity contribution in [3.05, 3.63) is 88.4 Å². The number of aryl methyl sites for hydroxylation is 1. The van der Waals surface area contributed by atoms with E-state index >= 15 is 0 Å². The summed E-state index contributed by atoms with van der Waals surface area (Å²) in [4.78, 5) is 27.1. The molecule has 3 aromatic carbocycles. The topological polar surface area (TPSA) is 114 Å². The molecule has 1 saturated heterocycles. The van der Waals surface area contributed by atoms with Crippen molar-refractivity contribution < 1.29 is 24.2 Å². The number of rotatable bonds is 11. The maximum atomic E-state index is 13.6. The number of ether oxygens (including phenoxy) is 2. The second-order valence-corrected chi connectivity index (χ2v) is 11.1. The van der Waals surface area contributed by atoms with Gasteiger partial charge in [0, 0.05) is 48.2 Å². The average molecular weight is 594 g/mol. The molecular formula is C33H40ClN3O5. The number of nitrogens with two attached hydrogens (primary N) is 1. The standard InChI is InChI=1S/C33H40ClN3O5/c1-23-7-3-8-25(21-23)30-28(10-4-11-29(30)34)33(40,16-6-18-36-32(39)41-2)26-9-5-19-37(22-26)31(38)24-12-14-27(15-13-24)42-20-17-35/h3-4,7-8,10-15,21,26,40H,5-6,9,16-20,22,35H2,1-2H3,(H,36,39)/t26-,33+/m1/s1. The van der Waals surface area contributed by atoms with Crippen LogP contribution < -0.4 is 15.8 Å². The number of hydrogen-bond acceptors (Lipinski definition) is 6. The van der Waals surface area contributed by atoms with Crippen LogP contribution in [0.25, 0.3) is 11.1 Å². The molecule has 1 aliphatic rings. The first kappa shape index (κ1) is 31.3. The first-order chi connectivity index (χ1) is 20.3. The lowest BCUT2D eigenvalue weighted by Crippen LogP contribution is -2.48. The van der Waals surface area contributed by atoms with E-state index in [2.05, 4.69) is 11.4 Å². The maximum Gasteiger partial charge on any atom is 0.406 e. The zero-order valence-corrected chi connectivity index (χ0v) is 25.0. The number of hydrogen-bond donors (Lipinski definition) is 3. The van der Waals surface area contributed by atoms with Crippen LogP contribution in [0.4, 0.5) is 4.79 Å². The first-order valence-electron chi connectivity index (χ1n) is 14.4. The molecule has 4 N–H and O–H groups in total. The Morgan fingerprint density at radius 3 is 2.62 bits per heavy atom. The van der Waals surface area contributed by atoms with Gasteiger partial charge >= 0.3 is 6.09 Å². The van der Waals surface area contributed by atoms with E-state index in [-0.39, 0.29) is 11.8 Å². The van der Waals surface area contributed by atoms with Crippen LogP contribution in [0.15, 0.2) is 66.7 Å². The molecule has 0 aliphatic carbocycles. The van der Waals surface area contributed by atoms with Gasteiger partial charge in [-0.1, -0.05) is 53.6 Å². The summed E-state index contributed by atoms with van der Waals surface area (Å²) in [6.07, 6.45) is 1.82. The lowest BCUT2D eigenvalue weighted by atomic mass is 9.72. The van der Waals surface area contributed by atoms with E-state index in [4.69, 9.17) is 26.8 Å². The maximum absolute atomic E-state index is 13.6. The third-order valence-electron chi connectivity index (χ3n) is 7.85. The van der Waals surface area contributed by atoms with Gasteiger partial charge in [0.05, 0.1) is 12.7 Å². The first-order valence-corrected chi connectivity index (χ1v) is 14.8. The number of alkyl carbamates (subject to hydrolysis) is 1. The molecule has 0 saturated carbocycles. The number of amides is 2. The lowest BCUT2D eigenvalue weighted by molar-refractivity contribution is -0.0563. The molecule has 1 fully saturated rings. The number of nitrogens with one attached hydrogen (secondary N) is 1. The van der Waals surface area contributed by atoms with Gasteiger partial charge in [0.25, 0.3) is 5.91 Å². The van der Waals surface area contributed by atoms with Crippen molar-refractivity contribution >= 4 is 23.6 Å². The van der Waals surface area contributed by atoms with Crippen LogP contribution in [-0.2, 0) is 10.3 Å². The SMILES string of the molecule is COC(=O)NCCC[C@@](O)(c1cccc(Cl)c1-c1cccc(C)c1)[C@@H]1CCCN(C(=O)c2ccc(OCCN)cc2)C1. The second kappa shape index (κ2) is 14.5. The Hall–Kier alpha value is -3.59. The lowest BCUT2D eigenvalue weighted by Gasteiger charge is -2.44. The summed E-state index contributed by atoms with van der Waals surface area (Å²) in [5.41, 5.74) is 8.26. The Bertz CT molecular complexity index is 1370. The van der Waals surface area contributed by atoms with Gasteiger partial charge < -0.3 is 30.5 Å². The second-order valence-electron chi connectivity index (χ2n) is 10.7. The van der Waals surface area contributed by atoms with Crippen LogP contribution in [0.3, 0.4) is 0 Å². The molecule has 0 aromatic heterocycles. The van der Waals surface area contributed by atoms with E-state index in [0.717, 1.165) is 35.1 Å². The highest BCUT2D eigenvalue weighted by molar-refractivity contribution is 6.33. The molecule has 2 amide bonds. The summed E-state index contributed by atoms with van der Waals surface area (Å²) in [6, 6.07) is 20.7. The Kier molecular flexibility index (Phi) is 10.8. The van der Waals surface area contributed by atoms with Crippen molar-refractivity contribution in [2.75, 3.05) is 39.9 Å². The van der Waals surface area contributed by atoms with Gasteiger partial charge in [-0.25, -0.2) is 4.79 Å². The molecule has 1 aliphatic heterocycles. The van der Waals surface area contributed by atoms with Crippen molar-refractivity contribution in [2.45, 2.75) is 38.2 Å². The molecule has 2 atom stereocenters. The Balaban J connectivity index is 1.65. The highest BCUT2D eigenvalue weighted by atomic mass is 35.5. The fourth-order valence-electron chi connectivity index (χ4n) is 5.76. The number of carbonyl (C=O) groups excluding carboxylic acids is 2. The van der Waals surface area contributed by atoms with Gasteiger partial charge in [0.15, 0.2) is 0 Å². The van der Waals surface area contributed by atoms with Crippen molar-refractivity contribution in [3.8, 4) is 16.9 Å². The largest absolute Gasteiger partial charge is 0.492 e. The van der Waals surface area contributed by atoms with Crippen LogP contribution in [0, 0.1) is 12.8 Å². The summed E-state index contributed by atoms with van der Waals surface area (Å²) in [6.45, 7) is 4.15. The van der Waals surface area contributed by atoms with Gasteiger partial charge in [-0.3, -0.25) is 4.79 Å². The zero-order chi connectivity index (χ0) is 30.1. The molecule has 0 radical (unpaired) electrons. The number of halogens is 1. The van der Waals surface area contributed by atoms with Gasteiger partial charge in [0.2, 0.25) is 0 Å². The van der Waals surface area contributed by atoms with Crippen molar-refractivity contribution in [1.29, 1.82) is 0 Å². The molecule has 9 heteroatoms. The van der Waals surface area contributed by atoms with Crippen LogP contribution >= 0.6 is 11.6 Å². The van der Waals surface area contributed by atoms with Crippen LogP contribution in [-0.4, -0.2) is 61.9 Å². The molecule has 0 unspecified atom stereocenters. The number of methoxy groups -OCH3 is 1. The summed E-state index contributed by atoms with van der Waals surface area (Å²) in [5.74, 6) is 0.306. The third kappa shape index (κ3) is 7.43. The van der Waals surface area contributed by atoms with Crippen LogP contribution in [0.2, 0.25) is 5.02 Å². The summed E-state index contributed by atoms with van der Waals surface area (Å²) in [7, 11) is 1.32. The molecule has 3 aromatic rings. The normalized spacial score (nSPS) is 16.4. The minimum atomic E-state index is -1.32. The quantitative estimate of drug-likeness (QED) is 0.252. The van der Waals surface area contributed by atoms with Gasteiger partial charge in [-0.2, -0.15) is 0 Å². The molecule has 42 heavy (non-hydrogen) atoms. The number of likely N-dealkylation sites (tertiary alicyclic amines) is 1. The third-order valence-corrected chi connectivity index (χ3v) is 8.16. The van der Waals surface area contributed by atoms with Crippen LogP contribution in [0.5, 0.6) is 5.75 Å². The highest BCUT2D eigenvalue weighted by Gasteiger charge is 2.43.